The lowest BCUT2D eigenvalue weighted by molar-refractivity contribution is -0.115. The van der Waals surface area contributed by atoms with Crippen molar-refractivity contribution in [3.05, 3.63) is 47.6 Å². The van der Waals surface area contributed by atoms with Crippen molar-refractivity contribution in [2.75, 3.05) is 50.2 Å². The van der Waals surface area contributed by atoms with Crippen LogP contribution in [0.1, 0.15) is 16.8 Å². The molecule has 204 valence electrons. The number of nitrogens with one attached hydrogen (secondary N) is 2. The molecule has 3 aromatic rings. The largest absolute Gasteiger partial charge is 0.350 e. The highest BCUT2D eigenvalue weighted by molar-refractivity contribution is 7.89. The molecule has 0 bridgehead atoms. The number of alkyl halides is 2. The van der Waals surface area contributed by atoms with E-state index in [1.165, 1.54) is 12.3 Å². The van der Waals surface area contributed by atoms with E-state index in [1.54, 1.807) is 47.5 Å². The van der Waals surface area contributed by atoms with E-state index in [0.717, 1.165) is 27.8 Å². The fourth-order valence-corrected chi connectivity index (χ4v) is 5.40. The number of amides is 2. The molecule has 0 unspecified atom stereocenters. The minimum absolute atomic E-state index is 0.0921. The Morgan fingerprint density at radius 2 is 1.97 bits per heavy atom. The zero-order chi connectivity index (χ0) is 27.7. The summed E-state index contributed by atoms with van der Waals surface area (Å²) >= 11 is 1.15. The number of aromatic nitrogens is 3. The van der Waals surface area contributed by atoms with Crippen molar-refractivity contribution in [1.29, 1.82) is 0 Å². The van der Waals surface area contributed by atoms with Crippen molar-refractivity contribution in [3.8, 4) is 11.4 Å². The van der Waals surface area contributed by atoms with E-state index in [2.05, 4.69) is 20.6 Å². The van der Waals surface area contributed by atoms with Gasteiger partial charge in [-0.1, -0.05) is 6.07 Å². The number of thiazole rings is 1. The minimum Gasteiger partial charge on any atom is -0.350 e. The molecule has 38 heavy (non-hydrogen) atoms. The number of pyridine rings is 1. The van der Waals surface area contributed by atoms with Gasteiger partial charge in [-0.25, -0.2) is 27.2 Å². The molecule has 0 radical (unpaired) electrons. The van der Waals surface area contributed by atoms with Gasteiger partial charge in [-0.15, -0.1) is 11.3 Å². The predicted molar refractivity (Wildman–Crippen MR) is 140 cm³/mol. The first-order chi connectivity index (χ1) is 17.8. The number of carbonyl (C=O) groups excluding carboxylic acids is 2. The highest BCUT2D eigenvalue weighted by Crippen LogP contribution is 2.33. The molecule has 1 saturated heterocycles. The maximum atomic E-state index is 14.6. The lowest BCUT2D eigenvalue weighted by atomic mass is 10.00. The van der Waals surface area contributed by atoms with E-state index in [-0.39, 0.29) is 17.2 Å². The van der Waals surface area contributed by atoms with Gasteiger partial charge in [0, 0.05) is 24.3 Å². The fraction of sp³-hybridized carbons (Fsp3) is 0.391. The van der Waals surface area contributed by atoms with E-state index in [4.69, 9.17) is 0 Å². The minimum atomic E-state index is -3.52. The Labute approximate surface area is 222 Å². The number of anilines is 2. The van der Waals surface area contributed by atoms with Gasteiger partial charge in [0.25, 0.3) is 11.8 Å². The first-order valence-corrected chi connectivity index (χ1v) is 14.2. The molecule has 15 heteroatoms. The second kappa shape index (κ2) is 10.7. The van der Waals surface area contributed by atoms with Gasteiger partial charge >= 0.3 is 0 Å². The molecule has 1 aliphatic heterocycles. The number of rotatable bonds is 8. The second-order valence-corrected chi connectivity index (χ2v) is 11.8. The molecule has 2 amide bonds. The van der Waals surface area contributed by atoms with Crippen LogP contribution in [0.5, 0.6) is 0 Å². The SMILES string of the molecule is CN(C)[C@@H]1CCN(c2cccc(-c3csc(NC(=O)CNC(=O)c4ccn(S(C)(=O)=O)c4)n3)n2)CC1(F)F. The fourth-order valence-electron chi connectivity index (χ4n) is 4.09. The van der Waals surface area contributed by atoms with Crippen LogP contribution in [-0.2, 0) is 14.8 Å². The Morgan fingerprint density at radius 3 is 2.63 bits per heavy atom. The molecule has 1 fully saturated rings. The Balaban J connectivity index is 1.35. The third-order valence-electron chi connectivity index (χ3n) is 5.98. The molecule has 0 saturated carbocycles. The summed E-state index contributed by atoms with van der Waals surface area (Å²) in [5.41, 5.74) is 1.03. The van der Waals surface area contributed by atoms with Gasteiger partial charge in [0.15, 0.2) is 5.13 Å². The number of halogens is 2. The van der Waals surface area contributed by atoms with Crippen LogP contribution in [-0.4, -0.2) is 91.0 Å². The van der Waals surface area contributed by atoms with Gasteiger partial charge in [-0.2, -0.15) is 0 Å². The number of hydrogen-bond donors (Lipinski definition) is 2. The normalized spacial score (nSPS) is 17.4. The van der Waals surface area contributed by atoms with Crippen LogP contribution >= 0.6 is 11.3 Å². The Morgan fingerprint density at radius 1 is 1.21 bits per heavy atom. The quantitative estimate of drug-likeness (QED) is 0.423. The lowest BCUT2D eigenvalue weighted by Gasteiger charge is -2.41. The molecule has 4 heterocycles. The van der Waals surface area contributed by atoms with E-state index >= 15 is 0 Å². The summed E-state index contributed by atoms with van der Waals surface area (Å²) in [6.07, 6.45) is 3.70. The predicted octanol–water partition coefficient (Wildman–Crippen LogP) is 1.96. The first-order valence-electron chi connectivity index (χ1n) is 11.5. The molecule has 3 aromatic heterocycles. The summed E-state index contributed by atoms with van der Waals surface area (Å²) in [7, 11) is -0.218. The average Bonchev–Trinajstić information content (AvgIpc) is 3.52. The summed E-state index contributed by atoms with van der Waals surface area (Å²) in [5, 5.41) is 6.95. The average molecular weight is 568 g/mol. The van der Waals surface area contributed by atoms with E-state index < -0.39 is 40.3 Å². The molecular weight excluding hydrogens is 540 g/mol. The van der Waals surface area contributed by atoms with Crippen LogP contribution in [0.3, 0.4) is 0 Å². The number of piperidine rings is 1. The zero-order valence-electron chi connectivity index (χ0n) is 20.9. The van der Waals surface area contributed by atoms with Gasteiger partial charge < -0.3 is 20.4 Å². The molecular formula is C23H27F2N7O4S2. The standard InChI is InChI=1S/C23H27F2N7O4S2/c1-30(2)18-8-9-31(14-23(18,24)25)19-6-4-5-16(27-19)17-13-37-22(28-17)29-20(33)11-26-21(34)15-7-10-32(12-15)38(3,35)36/h4-7,10,12-13,18H,8-9,11,14H2,1-3H3,(H,26,34)(H,28,29,33)/t18-/m1/s1. The number of hydrogen-bond acceptors (Lipinski definition) is 9. The summed E-state index contributed by atoms with van der Waals surface area (Å²) in [6, 6.07) is 5.60. The topological polar surface area (TPSA) is 130 Å². The summed E-state index contributed by atoms with van der Waals surface area (Å²) < 4.78 is 53.2. The van der Waals surface area contributed by atoms with Crippen LogP contribution in [0, 0.1) is 0 Å². The summed E-state index contributed by atoms with van der Waals surface area (Å²) in [6.45, 7) is -0.351. The molecule has 11 nitrogen and oxygen atoms in total. The van der Waals surface area contributed by atoms with Crippen LogP contribution in [0.4, 0.5) is 19.7 Å². The second-order valence-electron chi connectivity index (χ2n) is 9.09. The number of carbonyl (C=O) groups is 2. The van der Waals surface area contributed by atoms with Gasteiger partial charge in [0.05, 0.1) is 36.6 Å². The van der Waals surface area contributed by atoms with Crippen molar-refractivity contribution in [3.63, 3.8) is 0 Å². The highest BCUT2D eigenvalue weighted by atomic mass is 32.2. The third kappa shape index (κ3) is 6.34. The van der Waals surface area contributed by atoms with Crippen LogP contribution in [0.25, 0.3) is 11.4 Å². The molecule has 0 aliphatic carbocycles. The van der Waals surface area contributed by atoms with Crippen molar-refractivity contribution in [2.24, 2.45) is 0 Å². The maximum absolute atomic E-state index is 14.6. The van der Waals surface area contributed by atoms with Gasteiger partial charge in [-0.3, -0.25) is 13.6 Å². The van der Waals surface area contributed by atoms with Crippen LogP contribution in [0.2, 0.25) is 0 Å². The van der Waals surface area contributed by atoms with Crippen LogP contribution < -0.4 is 15.5 Å². The van der Waals surface area contributed by atoms with Crippen molar-refractivity contribution >= 4 is 44.1 Å². The Kier molecular flexibility index (Phi) is 7.80. The van der Waals surface area contributed by atoms with Crippen LogP contribution in [0.15, 0.2) is 42.0 Å². The van der Waals surface area contributed by atoms with Crippen molar-refractivity contribution < 1.29 is 26.8 Å². The highest BCUT2D eigenvalue weighted by Gasteiger charge is 2.46. The molecule has 4 rings (SSSR count). The van der Waals surface area contributed by atoms with Gasteiger partial charge in [-0.05, 0) is 38.7 Å². The van der Waals surface area contributed by atoms with Gasteiger partial charge in [0.1, 0.15) is 11.5 Å². The van der Waals surface area contributed by atoms with Crippen molar-refractivity contribution in [2.45, 2.75) is 18.4 Å². The zero-order valence-corrected chi connectivity index (χ0v) is 22.5. The molecule has 1 atom stereocenters. The number of nitrogens with zero attached hydrogens (tertiary/aromatic N) is 5. The smallest absolute Gasteiger partial charge is 0.280 e. The molecule has 1 aliphatic rings. The molecule has 0 spiro atoms. The molecule has 0 aromatic carbocycles. The first kappa shape index (κ1) is 27.6. The molecule has 2 N–H and O–H groups in total. The van der Waals surface area contributed by atoms with E-state index in [0.29, 0.717) is 30.2 Å². The van der Waals surface area contributed by atoms with E-state index in [9.17, 15) is 26.8 Å². The van der Waals surface area contributed by atoms with Gasteiger partial charge in [0.2, 0.25) is 15.9 Å². The Bertz CT molecular complexity index is 1440. The van der Waals surface area contributed by atoms with E-state index in [1.807, 2.05) is 0 Å². The lowest BCUT2D eigenvalue weighted by Crippen LogP contribution is -2.56. The third-order valence-corrected chi connectivity index (χ3v) is 7.73. The summed E-state index contributed by atoms with van der Waals surface area (Å²) in [5.74, 6) is -3.60. The maximum Gasteiger partial charge on any atom is 0.280 e. The Hall–Kier alpha value is -3.43. The monoisotopic (exact) mass is 567 g/mol. The van der Waals surface area contributed by atoms with Crippen molar-refractivity contribution in [1.82, 2.24) is 24.2 Å². The summed E-state index contributed by atoms with van der Waals surface area (Å²) in [4.78, 5) is 36.5.